The van der Waals surface area contributed by atoms with Crippen molar-refractivity contribution in [3.05, 3.63) is 30.1 Å². The number of rotatable bonds is 2. The number of phenols is 2. The van der Waals surface area contributed by atoms with E-state index in [1.54, 1.807) is 6.07 Å². The Balaban J connectivity index is 2.24. The van der Waals surface area contributed by atoms with E-state index in [1.807, 2.05) is 0 Å². The molecular weight excluding hydrogens is 196 g/mol. The van der Waals surface area contributed by atoms with Crippen LogP contribution in [0.3, 0.4) is 0 Å². The van der Waals surface area contributed by atoms with Gasteiger partial charge in [0.1, 0.15) is 17.8 Å². The van der Waals surface area contributed by atoms with Crippen molar-refractivity contribution in [2.75, 3.05) is 0 Å². The van der Waals surface area contributed by atoms with E-state index < -0.39 is 0 Å². The number of hydrogen-bond acceptors (Lipinski definition) is 5. The maximum absolute atomic E-state index is 9.42. The van der Waals surface area contributed by atoms with Gasteiger partial charge in [-0.3, -0.25) is 0 Å². The molecule has 1 heterocycles. The van der Waals surface area contributed by atoms with E-state index in [9.17, 15) is 5.11 Å². The molecule has 2 aromatic rings. The van der Waals surface area contributed by atoms with Gasteiger partial charge in [0.05, 0.1) is 0 Å². The van der Waals surface area contributed by atoms with Crippen molar-refractivity contribution in [3.63, 3.8) is 0 Å². The van der Waals surface area contributed by atoms with E-state index in [0.717, 1.165) is 0 Å². The second-order valence-electron chi connectivity index (χ2n) is 2.81. The molecule has 0 saturated heterocycles. The summed E-state index contributed by atoms with van der Waals surface area (Å²) in [5.41, 5.74) is 0.490. The van der Waals surface area contributed by atoms with Crippen LogP contribution in [0.4, 0.5) is 5.95 Å². The van der Waals surface area contributed by atoms with Crippen molar-refractivity contribution in [2.45, 2.75) is 0 Å². The molecule has 1 aromatic heterocycles. The van der Waals surface area contributed by atoms with Crippen LogP contribution in [0.25, 0.3) is 0 Å². The Morgan fingerprint density at radius 1 is 1.33 bits per heavy atom. The third-order valence-electron chi connectivity index (χ3n) is 1.74. The lowest BCUT2D eigenvalue weighted by molar-refractivity contribution is 0.450. The summed E-state index contributed by atoms with van der Waals surface area (Å²) < 4.78 is 0. The molecule has 0 aliphatic heterocycles. The minimum atomic E-state index is -0.0433. The summed E-state index contributed by atoms with van der Waals surface area (Å²) in [5, 5.41) is 24.6. The number of aliphatic imine (C=N–C) groups is 1. The molecule has 2 rings (SSSR count). The molecule has 3 N–H and O–H groups in total. The van der Waals surface area contributed by atoms with E-state index >= 15 is 0 Å². The van der Waals surface area contributed by atoms with Gasteiger partial charge in [-0.2, -0.15) is 10.1 Å². The fraction of sp³-hybridized carbons (Fsp3) is 0. The number of H-pyrrole nitrogens is 1. The first kappa shape index (κ1) is 9.20. The van der Waals surface area contributed by atoms with Gasteiger partial charge in [-0.1, -0.05) is 0 Å². The average molecular weight is 204 g/mol. The van der Waals surface area contributed by atoms with Gasteiger partial charge >= 0.3 is 0 Å². The maximum Gasteiger partial charge on any atom is 0.245 e. The Hall–Kier alpha value is -2.37. The predicted molar refractivity (Wildman–Crippen MR) is 53.4 cm³/mol. The van der Waals surface area contributed by atoms with Crippen molar-refractivity contribution >= 4 is 12.2 Å². The molecule has 0 atom stereocenters. The molecular formula is C9H8N4O2. The Labute approximate surface area is 85.0 Å². The highest BCUT2D eigenvalue weighted by molar-refractivity contribution is 5.84. The minimum Gasteiger partial charge on any atom is -0.508 e. The first-order valence-corrected chi connectivity index (χ1v) is 4.17. The maximum atomic E-state index is 9.42. The smallest absolute Gasteiger partial charge is 0.245 e. The highest BCUT2D eigenvalue weighted by Gasteiger charge is 1.99. The number of phenolic OH excluding ortho intramolecular Hbond substituents is 2. The van der Waals surface area contributed by atoms with Crippen LogP contribution in [0.1, 0.15) is 5.56 Å². The fourth-order valence-electron chi connectivity index (χ4n) is 1.03. The van der Waals surface area contributed by atoms with E-state index in [1.165, 1.54) is 24.7 Å². The molecule has 0 radical (unpaired) electrons. The van der Waals surface area contributed by atoms with Crippen molar-refractivity contribution in [2.24, 2.45) is 4.99 Å². The topological polar surface area (TPSA) is 94.4 Å². The van der Waals surface area contributed by atoms with E-state index in [0.29, 0.717) is 11.5 Å². The molecule has 0 bridgehead atoms. The van der Waals surface area contributed by atoms with E-state index in [-0.39, 0.29) is 11.5 Å². The Bertz CT molecular complexity index is 479. The van der Waals surface area contributed by atoms with E-state index in [2.05, 4.69) is 20.2 Å². The molecule has 6 heteroatoms. The molecule has 0 aliphatic carbocycles. The zero-order chi connectivity index (χ0) is 10.7. The summed E-state index contributed by atoms with van der Waals surface area (Å²) in [5.74, 6) is 0.310. The molecule has 76 valence electrons. The van der Waals surface area contributed by atoms with Gasteiger partial charge in [-0.25, -0.2) is 10.1 Å². The second kappa shape index (κ2) is 3.79. The number of aromatic amines is 1. The number of hydrogen-bond donors (Lipinski definition) is 3. The van der Waals surface area contributed by atoms with Gasteiger partial charge < -0.3 is 10.2 Å². The van der Waals surface area contributed by atoms with Gasteiger partial charge in [0, 0.05) is 17.8 Å². The summed E-state index contributed by atoms with van der Waals surface area (Å²) >= 11 is 0. The number of nitrogens with zero attached hydrogens (tertiary/aromatic N) is 3. The average Bonchev–Trinajstić information content (AvgIpc) is 2.69. The Morgan fingerprint density at radius 2 is 2.20 bits per heavy atom. The third kappa shape index (κ3) is 2.11. The summed E-state index contributed by atoms with van der Waals surface area (Å²) in [6.45, 7) is 0. The molecule has 15 heavy (non-hydrogen) atoms. The first-order chi connectivity index (χ1) is 7.25. The predicted octanol–water partition coefficient (Wildman–Crippen LogP) is 0.966. The van der Waals surface area contributed by atoms with Gasteiger partial charge in [-0.05, 0) is 12.1 Å². The van der Waals surface area contributed by atoms with Crippen LogP contribution in [-0.4, -0.2) is 31.6 Å². The zero-order valence-corrected chi connectivity index (χ0v) is 7.62. The molecule has 1 aromatic carbocycles. The second-order valence-corrected chi connectivity index (χ2v) is 2.81. The molecule has 0 saturated carbocycles. The standard InChI is InChI=1S/C9H8N4O2/c14-7-2-1-6(8(15)3-7)4-10-9-11-5-12-13-9/h1-5,14-15H,(H,11,12,13). The van der Waals surface area contributed by atoms with Gasteiger partial charge in [0.2, 0.25) is 5.95 Å². The summed E-state index contributed by atoms with van der Waals surface area (Å²) in [6.07, 6.45) is 2.76. The van der Waals surface area contributed by atoms with Crippen LogP contribution in [-0.2, 0) is 0 Å². The zero-order valence-electron chi connectivity index (χ0n) is 7.62. The van der Waals surface area contributed by atoms with Gasteiger partial charge in [0.25, 0.3) is 0 Å². The van der Waals surface area contributed by atoms with Crippen LogP contribution < -0.4 is 0 Å². The van der Waals surface area contributed by atoms with Gasteiger partial charge in [0.15, 0.2) is 0 Å². The lowest BCUT2D eigenvalue weighted by atomic mass is 10.2. The Morgan fingerprint density at radius 3 is 2.87 bits per heavy atom. The molecule has 6 nitrogen and oxygen atoms in total. The number of aromatic nitrogens is 3. The SMILES string of the molecule is Oc1ccc(C=Nc2ncn[nH]2)c(O)c1. The lowest BCUT2D eigenvalue weighted by Gasteiger charge is -1.97. The van der Waals surface area contributed by atoms with Crippen LogP contribution in [0, 0.1) is 0 Å². The highest BCUT2D eigenvalue weighted by atomic mass is 16.3. The van der Waals surface area contributed by atoms with Crippen LogP contribution in [0.5, 0.6) is 11.5 Å². The van der Waals surface area contributed by atoms with Crippen LogP contribution in [0.15, 0.2) is 29.5 Å². The summed E-state index contributed by atoms with van der Waals surface area (Å²) in [6, 6.07) is 4.24. The Kier molecular flexibility index (Phi) is 2.32. The summed E-state index contributed by atoms with van der Waals surface area (Å²) in [4.78, 5) is 7.71. The third-order valence-corrected chi connectivity index (χ3v) is 1.74. The summed E-state index contributed by atoms with van der Waals surface area (Å²) in [7, 11) is 0. The monoisotopic (exact) mass is 204 g/mol. The molecule has 0 spiro atoms. The normalized spacial score (nSPS) is 10.9. The molecule has 0 aliphatic rings. The number of nitrogens with one attached hydrogen (secondary N) is 1. The van der Waals surface area contributed by atoms with Crippen molar-refractivity contribution in [3.8, 4) is 11.5 Å². The molecule has 0 amide bonds. The number of benzene rings is 1. The lowest BCUT2D eigenvalue weighted by Crippen LogP contribution is -1.82. The van der Waals surface area contributed by atoms with Crippen molar-refractivity contribution < 1.29 is 10.2 Å². The van der Waals surface area contributed by atoms with Crippen molar-refractivity contribution in [1.82, 2.24) is 15.2 Å². The fourth-order valence-corrected chi connectivity index (χ4v) is 1.03. The van der Waals surface area contributed by atoms with E-state index in [4.69, 9.17) is 5.11 Å². The minimum absolute atomic E-state index is 0.00400. The largest absolute Gasteiger partial charge is 0.508 e. The van der Waals surface area contributed by atoms with Gasteiger partial charge in [-0.15, -0.1) is 0 Å². The molecule has 0 fully saturated rings. The number of aromatic hydroxyl groups is 2. The highest BCUT2D eigenvalue weighted by Crippen LogP contribution is 2.21. The van der Waals surface area contributed by atoms with Crippen LogP contribution >= 0.6 is 0 Å². The van der Waals surface area contributed by atoms with Crippen molar-refractivity contribution in [1.29, 1.82) is 0 Å². The first-order valence-electron chi connectivity index (χ1n) is 4.17. The quantitative estimate of drug-likeness (QED) is 0.635. The van der Waals surface area contributed by atoms with Crippen LogP contribution in [0.2, 0.25) is 0 Å². The molecule has 0 unspecified atom stereocenters.